The Labute approximate surface area is 116 Å². The second kappa shape index (κ2) is 5.33. The van der Waals surface area contributed by atoms with Gasteiger partial charge in [0, 0.05) is 6.20 Å². The molecule has 0 aliphatic rings. The monoisotopic (exact) mass is 257 g/mol. The maximum atomic E-state index is 9.02. The number of benzene rings is 2. The molecule has 3 nitrogen and oxygen atoms in total. The molecule has 0 saturated carbocycles. The van der Waals surface area contributed by atoms with Gasteiger partial charge in [0.2, 0.25) is 0 Å². The number of aromatic nitrogens is 2. The fourth-order valence-electron chi connectivity index (χ4n) is 2.12. The molecule has 0 aliphatic carbocycles. The average Bonchev–Trinajstić information content (AvgIpc) is 2.53. The van der Waals surface area contributed by atoms with E-state index in [1.54, 1.807) is 0 Å². The van der Waals surface area contributed by atoms with Crippen molar-refractivity contribution in [3.8, 4) is 6.07 Å². The Morgan fingerprint density at radius 1 is 1.00 bits per heavy atom. The van der Waals surface area contributed by atoms with E-state index >= 15 is 0 Å². The van der Waals surface area contributed by atoms with E-state index in [1.165, 1.54) is 23.3 Å². The number of nitrogens with zero attached hydrogens (tertiary/aromatic N) is 3. The minimum absolute atomic E-state index is 0.476. The third kappa shape index (κ3) is 2.27. The molecule has 0 atom stereocenters. The quantitative estimate of drug-likeness (QED) is 0.703. The Morgan fingerprint density at radius 2 is 1.85 bits per heavy atom. The van der Waals surface area contributed by atoms with Gasteiger partial charge in [0.25, 0.3) is 0 Å². The van der Waals surface area contributed by atoms with E-state index in [1.807, 2.05) is 36.4 Å². The van der Waals surface area contributed by atoms with E-state index in [0.717, 1.165) is 5.56 Å². The number of hydrogen-bond donors (Lipinski definition) is 0. The van der Waals surface area contributed by atoms with Gasteiger partial charge in [0.1, 0.15) is 12.4 Å². The number of hydrogen-bond acceptors (Lipinski definition) is 3. The summed E-state index contributed by atoms with van der Waals surface area (Å²) in [5, 5.41) is 11.4. The number of rotatable bonds is 2. The second-order valence-electron chi connectivity index (χ2n) is 4.34. The molecular weight excluding hydrogens is 246 g/mol. The highest BCUT2D eigenvalue weighted by atomic mass is 14.8. The molecule has 0 fully saturated rings. The van der Waals surface area contributed by atoms with Crippen LogP contribution in [0.4, 0.5) is 0 Å². The fraction of sp³-hybridized carbons (Fsp3) is 0. The van der Waals surface area contributed by atoms with Crippen LogP contribution < -0.4 is 0 Å². The molecule has 0 bridgehead atoms. The zero-order valence-electron chi connectivity index (χ0n) is 10.7. The third-order valence-electron chi connectivity index (χ3n) is 3.11. The molecule has 94 valence electrons. The summed E-state index contributed by atoms with van der Waals surface area (Å²) < 4.78 is 0. The van der Waals surface area contributed by atoms with Crippen molar-refractivity contribution in [3.05, 3.63) is 71.8 Å². The largest absolute Gasteiger partial charge is 0.243 e. The van der Waals surface area contributed by atoms with Gasteiger partial charge in [0.15, 0.2) is 0 Å². The summed E-state index contributed by atoms with van der Waals surface area (Å²) >= 11 is 0. The van der Waals surface area contributed by atoms with E-state index in [0.29, 0.717) is 11.3 Å². The van der Waals surface area contributed by atoms with Crippen LogP contribution in [0.15, 0.2) is 55.0 Å². The summed E-state index contributed by atoms with van der Waals surface area (Å²) in [7, 11) is 0. The van der Waals surface area contributed by atoms with E-state index in [2.05, 4.69) is 34.2 Å². The molecule has 0 unspecified atom stereocenters. The molecule has 0 amide bonds. The lowest BCUT2D eigenvalue weighted by Crippen LogP contribution is -1.88. The molecule has 3 rings (SSSR count). The molecule has 0 spiro atoms. The molecule has 2 aromatic carbocycles. The summed E-state index contributed by atoms with van der Waals surface area (Å²) in [4.78, 5) is 7.98. The summed E-state index contributed by atoms with van der Waals surface area (Å²) in [6, 6.07) is 16.4. The van der Waals surface area contributed by atoms with Gasteiger partial charge in [-0.25, -0.2) is 9.97 Å². The van der Waals surface area contributed by atoms with Gasteiger partial charge in [-0.15, -0.1) is 0 Å². The number of nitriles is 1. The van der Waals surface area contributed by atoms with Crippen LogP contribution in [-0.2, 0) is 0 Å². The van der Waals surface area contributed by atoms with E-state index in [9.17, 15) is 0 Å². The van der Waals surface area contributed by atoms with Crippen molar-refractivity contribution >= 4 is 22.9 Å². The fourth-order valence-corrected chi connectivity index (χ4v) is 2.12. The van der Waals surface area contributed by atoms with E-state index in [-0.39, 0.29) is 0 Å². The van der Waals surface area contributed by atoms with Gasteiger partial charge in [-0.2, -0.15) is 5.26 Å². The van der Waals surface area contributed by atoms with Crippen molar-refractivity contribution < 1.29 is 0 Å². The normalized spacial score (nSPS) is 10.8. The van der Waals surface area contributed by atoms with E-state index < -0.39 is 0 Å². The van der Waals surface area contributed by atoms with Gasteiger partial charge in [-0.3, -0.25) is 0 Å². The zero-order valence-corrected chi connectivity index (χ0v) is 10.7. The topological polar surface area (TPSA) is 49.6 Å². The first kappa shape index (κ1) is 12.1. The first-order valence-electron chi connectivity index (χ1n) is 6.24. The molecule has 0 N–H and O–H groups in total. The lowest BCUT2D eigenvalue weighted by atomic mass is 10.0. The van der Waals surface area contributed by atoms with Crippen molar-refractivity contribution in [3.63, 3.8) is 0 Å². The van der Waals surface area contributed by atoms with Gasteiger partial charge >= 0.3 is 0 Å². The SMILES string of the molecule is N#Cc1cncnc1/C=C/c1cccc2ccccc12. The first-order valence-corrected chi connectivity index (χ1v) is 6.24. The predicted molar refractivity (Wildman–Crippen MR) is 79.6 cm³/mol. The van der Waals surface area contributed by atoms with Crippen LogP contribution in [0, 0.1) is 11.3 Å². The molecule has 0 aliphatic heterocycles. The van der Waals surface area contributed by atoms with Crippen LogP contribution in [0.3, 0.4) is 0 Å². The van der Waals surface area contributed by atoms with Crippen LogP contribution >= 0.6 is 0 Å². The summed E-state index contributed by atoms with van der Waals surface area (Å²) in [6.45, 7) is 0. The molecule has 20 heavy (non-hydrogen) atoms. The van der Waals surface area contributed by atoms with Crippen molar-refractivity contribution in [1.82, 2.24) is 9.97 Å². The predicted octanol–water partition coefficient (Wildman–Crippen LogP) is 3.67. The summed E-state index contributed by atoms with van der Waals surface area (Å²) in [5.41, 5.74) is 2.21. The highest BCUT2D eigenvalue weighted by Gasteiger charge is 2.00. The highest BCUT2D eigenvalue weighted by molar-refractivity contribution is 5.92. The lowest BCUT2D eigenvalue weighted by molar-refractivity contribution is 1.13. The zero-order chi connectivity index (χ0) is 13.8. The summed E-state index contributed by atoms with van der Waals surface area (Å²) in [5.74, 6) is 0. The molecule has 0 saturated heterocycles. The van der Waals surface area contributed by atoms with Crippen molar-refractivity contribution in [2.24, 2.45) is 0 Å². The first-order chi connectivity index (χ1) is 9.88. The lowest BCUT2D eigenvalue weighted by Gasteiger charge is -2.01. The Kier molecular flexibility index (Phi) is 3.22. The van der Waals surface area contributed by atoms with Gasteiger partial charge in [0.05, 0.1) is 11.3 Å². The molecule has 1 aromatic heterocycles. The van der Waals surface area contributed by atoms with Gasteiger partial charge < -0.3 is 0 Å². The van der Waals surface area contributed by atoms with Crippen molar-refractivity contribution in [2.75, 3.05) is 0 Å². The van der Waals surface area contributed by atoms with Crippen molar-refractivity contribution in [1.29, 1.82) is 5.26 Å². The number of fused-ring (bicyclic) bond motifs is 1. The maximum absolute atomic E-state index is 9.02. The van der Waals surface area contributed by atoms with Crippen LogP contribution in [0.5, 0.6) is 0 Å². The van der Waals surface area contributed by atoms with Crippen LogP contribution in [0.1, 0.15) is 16.8 Å². The molecule has 3 aromatic rings. The second-order valence-corrected chi connectivity index (χ2v) is 4.34. The molecule has 1 heterocycles. The minimum atomic E-state index is 0.476. The maximum Gasteiger partial charge on any atom is 0.116 e. The highest BCUT2D eigenvalue weighted by Crippen LogP contribution is 2.20. The Morgan fingerprint density at radius 3 is 2.75 bits per heavy atom. The average molecular weight is 257 g/mol. The van der Waals surface area contributed by atoms with Gasteiger partial charge in [-0.1, -0.05) is 48.5 Å². The Balaban J connectivity index is 2.05. The van der Waals surface area contributed by atoms with Crippen LogP contribution in [0.25, 0.3) is 22.9 Å². The molecular formula is C17H11N3. The smallest absolute Gasteiger partial charge is 0.116 e. The molecule has 0 radical (unpaired) electrons. The van der Waals surface area contributed by atoms with Gasteiger partial charge in [-0.05, 0) is 22.4 Å². The van der Waals surface area contributed by atoms with Crippen molar-refractivity contribution in [2.45, 2.75) is 0 Å². The molecule has 3 heteroatoms. The summed E-state index contributed by atoms with van der Waals surface area (Å²) in [6.07, 6.45) is 6.80. The Bertz CT molecular complexity index is 824. The minimum Gasteiger partial charge on any atom is -0.243 e. The van der Waals surface area contributed by atoms with Crippen LogP contribution in [0.2, 0.25) is 0 Å². The third-order valence-corrected chi connectivity index (χ3v) is 3.11. The Hall–Kier alpha value is -2.99. The standard InChI is InChI=1S/C17H11N3/c18-10-15-11-19-12-20-17(15)9-8-14-6-3-5-13-4-1-2-7-16(13)14/h1-9,11-12H/b9-8+. The van der Waals surface area contributed by atoms with Crippen LogP contribution in [-0.4, -0.2) is 9.97 Å². The van der Waals surface area contributed by atoms with E-state index in [4.69, 9.17) is 5.26 Å².